The van der Waals surface area contributed by atoms with Gasteiger partial charge in [0, 0.05) is 6.61 Å². The van der Waals surface area contributed by atoms with Crippen molar-refractivity contribution in [3.05, 3.63) is 12.2 Å². The summed E-state index contributed by atoms with van der Waals surface area (Å²) in [6, 6.07) is 0. The lowest BCUT2D eigenvalue weighted by molar-refractivity contribution is 0.157. The number of allylic oxidation sites excluding steroid dienone is 1. The van der Waals surface area contributed by atoms with E-state index < -0.39 is 0 Å². The number of ether oxygens (including phenoxy) is 1. The Hall–Kier alpha value is -0.300. The normalized spacial score (nSPS) is 11.2. The first-order chi connectivity index (χ1) is 6.41. The molecule has 0 rings (SSSR count). The molecule has 0 fully saturated rings. The number of unbranched alkanes of at least 4 members (excludes halogenated alkanes) is 4. The van der Waals surface area contributed by atoms with Crippen molar-refractivity contribution in [2.24, 2.45) is 0 Å². The lowest BCUT2D eigenvalue weighted by Gasteiger charge is -1.99. The van der Waals surface area contributed by atoms with Gasteiger partial charge in [0.25, 0.3) is 0 Å². The Morgan fingerprint density at radius 2 is 1.77 bits per heavy atom. The first-order valence-electron chi connectivity index (χ1n) is 5.64. The maximum absolute atomic E-state index is 5.44. The standard InChI is InChI=1S/C12H24O/c1-3-5-7-9-11-13-12-10-8-6-4-2/h7,9H,3-6,8,10-12H2,1-2H3. The molecule has 0 spiro atoms. The summed E-state index contributed by atoms with van der Waals surface area (Å²) < 4.78 is 5.44. The average molecular weight is 184 g/mol. The summed E-state index contributed by atoms with van der Waals surface area (Å²) in [7, 11) is 0. The first kappa shape index (κ1) is 12.7. The van der Waals surface area contributed by atoms with Gasteiger partial charge in [-0.2, -0.15) is 0 Å². The Morgan fingerprint density at radius 1 is 0.923 bits per heavy atom. The van der Waals surface area contributed by atoms with Crippen LogP contribution in [0.5, 0.6) is 0 Å². The van der Waals surface area contributed by atoms with Gasteiger partial charge in [-0.25, -0.2) is 0 Å². The van der Waals surface area contributed by atoms with Gasteiger partial charge in [0.05, 0.1) is 6.61 Å². The van der Waals surface area contributed by atoms with Gasteiger partial charge >= 0.3 is 0 Å². The van der Waals surface area contributed by atoms with Crippen molar-refractivity contribution < 1.29 is 4.74 Å². The molecule has 0 N–H and O–H groups in total. The van der Waals surface area contributed by atoms with E-state index in [1.807, 2.05) is 0 Å². The van der Waals surface area contributed by atoms with Crippen LogP contribution < -0.4 is 0 Å². The van der Waals surface area contributed by atoms with Crippen molar-refractivity contribution in [1.82, 2.24) is 0 Å². The van der Waals surface area contributed by atoms with Gasteiger partial charge in [0.15, 0.2) is 0 Å². The highest BCUT2D eigenvalue weighted by molar-refractivity contribution is 4.80. The molecule has 0 aliphatic heterocycles. The smallest absolute Gasteiger partial charge is 0.0647 e. The van der Waals surface area contributed by atoms with Crippen LogP contribution in [0.2, 0.25) is 0 Å². The first-order valence-corrected chi connectivity index (χ1v) is 5.64. The van der Waals surface area contributed by atoms with Gasteiger partial charge in [-0.1, -0.05) is 51.7 Å². The van der Waals surface area contributed by atoms with Crippen LogP contribution >= 0.6 is 0 Å². The molecule has 1 nitrogen and oxygen atoms in total. The summed E-state index contributed by atoms with van der Waals surface area (Å²) in [5.41, 5.74) is 0. The van der Waals surface area contributed by atoms with Gasteiger partial charge in [0.1, 0.15) is 0 Å². The highest BCUT2D eigenvalue weighted by atomic mass is 16.5. The van der Waals surface area contributed by atoms with Crippen LogP contribution in [0.25, 0.3) is 0 Å². The highest BCUT2D eigenvalue weighted by Crippen LogP contribution is 1.98. The van der Waals surface area contributed by atoms with Crippen molar-refractivity contribution in [2.75, 3.05) is 13.2 Å². The zero-order chi connectivity index (χ0) is 9.78. The van der Waals surface area contributed by atoms with E-state index in [-0.39, 0.29) is 0 Å². The molecular formula is C12H24O. The van der Waals surface area contributed by atoms with E-state index in [2.05, 4.69) is 26.0 Å². The van der Waals surface area contributed by atoms with Gasteiger partial charge in [0.2, 0.25) is 0 Å². The van der Waals surface area contributed by atoms with Crippen molar-refractivity contribution in [2.45, 2.75) is 52.4 Å². The fourth-order valence-electron chi connectivity index (χ4n) is 1.13. The van der Waals surface area contributed by atoms with Crippen LogP contribution in [-0.2, 0) is 4.74 Å². The van der Waals surface area contributed by atoms with Crippen LogP contribution in [0.1, 0.15) is 52.4 Å². The van der Waals surface area contributed by atoms with E-state index >= 15 is 0 Å². The molecule has 0 saturated heterocycles. The van der Waals surface area contributed by atoms with Crippen LogP contribution in [0.15, 0.2) is 12.2 Å². The second-order valence-corrected chi connectivity index (χ2v) is 3.40. The zero-order valence-corrected chi connectivity index (χ0v) is 9.22. The topological polar surface area (TPSA) is 9.23 Å². The molecule has 0 aromatic rings. The summed E-state index contributed by atoms with van der Waals surface area (Å²) in [6.07, 6.45) is 11.9. The van der Waals surface area contributed by atoms with Gasteiger partial charge in [-0.3, -0.25) is 0 Å². The van der Waals surface area contributed by atoms with Gasteiger partial charge in [-0.15, -0.1) is 0 Å². The number of rotatable bonds is 9. The van der Waals surface area contributed by atoms with Crippen LogP contribution in [0.4, 0.5) is 0 Å². The Morgan fingerprint density at radius 3 is 2.46 bits per heavy atom. The molecule has 0 bridgehead atoms. The largest absolute Gasteiger partial charge is 0.377 e. The molecule has 13 heavy (non-hydrogen) atoms. The Labute approximate surface area is 83.2 Å². The fraction of sp³-hybridized carbons (Fsp3) is 0.833. The van der Waals surface area contributed by atoms with Crippen molar-refractivity contribution in [3.8, 4) is 0 Å². The predicted octanol–water partition coefficient (Wildman–Crippen LogP) is 3.94. The summed E-state index contributed by atoms with van der Waals surface area (Å²) >= 11 is 0. The lowest BCUT2D eigenvalue weighted by Crippen LogP contribution is -1.93. The maximum atomic E-state index is 5.44. The van der Waals surface area contributed by atoms with Crippen molar-refractivity contribution in [3.63, 3.8) is 0 Å². The third kappa shape index (κ3) is 11.7. The third-order valence-corrected chi connectivity index (χ3v) is 1.98. The van der Waals surface area contributed by atoms with E-state index in [1.54, 1.807) is 0 Å². The van der Waals surface area contributed by atoms with Crippen LogP contribution in [-0.4, -0.2) is 13.2 Å². The fourth-order valence-corrected chi connectivity index (χ4v) is 1.13. The molecule has 0 heterocycles. The Balaban J connectivity index is 2.91. The van der Waals surface area contributed by atoms with Gasteiger partial charge in [-0.05, 0) is 12.8 Å². The summed E-state index contributed by atoms with van der Waals surface area (Å²) in [6.45, 7) is 6.15. The average Bonchev–Trinajstić information content (AvgIpc) is 2.16. The second kappa shape index (κ2) is 11.7. The van der Waals surface area contributed by atoms with E-state index in [9.17, 15) is 0 Å². The summed E-state index contributed by atoms with van der Waals surface area (Å²) in [5, 5.41) is 0. The summed E-state index contributed by atoms with van der Waals surface area (Å²) in [5.74, 6) is 0. The third-order valence-electron chi connectivity index (χ3n) is 1.98. The van der Waals surface area contributed by atoms with E-state index in [1.165, 1.54) is 38.5 Å². The summed E-state index contributed by atoms with van der Waals surface area (Å²) in [4.78, 5) is 0. The van der Waals surface area contributed by atoms with Crippen molar-refractivity contribution in [1.29, 1.82) is 0 Å². The molecule has 0 aromatic heterocycles. The van der Waals surface area contributed by atoms with E-state index in [0.717, 1.165) is 13.2 Å². The van der Waals surface area contributed by atoms with E-state index in [0.29, 0.717) is 0 Å². The quantitative estimate of drug-likeness (QED) is 0.389. The monoisotopic (exact) mass is 184 g/mol. The molecule has 0 amide bonds. The molecule has 0 unspecified atom stereocenters. The molecule has 0 saturated carbocycles. The highest BCUT2D eigenvalue weighted by Gasteiger charge is 1.86. The molecule has 1 heteroatoms. The Bertz CT molecular complexity index is 108. The molecule has 0 aliphatic rings. The number of hydrogen-bond acceptors (Lipinski definition) is 1. The molecule has 0 atom stereocenters. The number of hydrogen-bond donors (Lipinski definition) is 0. The van der Waals surface area contributed by atoms with Gasteiger partial charge < -0.3 is 4.74 Å². The molecule has 0 aliphatic carbocycles. The van der Waals surface area contributed by atoms with Crippen LogP contribution in [0, 0.1) is 0 Å². The van der Waals surface area contributed by atoms with E-state index in [4.69, 9.17) is 4.74 Å². The predicted molar refractivity (Wildman–Crippen MR) is 59.0 cm³/mol. The lowest BCUT2D eigenvalue weighted by atomic mass is 10.2. The maximum Gasteiger partial charge on any atom is 0.0647 e. The zero-order valence-electron chi connectivity index (χ0n) is 9.22. The Kier molecular flexibility index (Phi) is 11.4. The van der Waals surface area contributed by atoms with Crippen LogP contribution in [0.3, 0.4) is 0 Å². The van der Waals surface area contributed by atoms with Crippen molar-refractivity contribution >= 4 is 0 Å². The molecular weight excluding hydrogens is 160 g/mol. The minimum absolute atomic E-state index is 0.798. The minimum Gasteiger partial charge on any atom is -0.377 e. The second-order valence-electron chi connectivity index (χ2n) is 3.40. The minimum atomic E-state index is 0.798. The molecule has 0 aromatic carbocycles. The SMILES string of the molecule is CCCC=CCOCCCCCC. The molecule has 0 radical (unpaired) electrons. The molecule has 78 valence electrons.